The molecule has 8 heteroatoms. The predicted molar refractivity (Wildman–Crippen MR) is 134 cm³/mol. The molecule has 0 saturated carbocycles. The van der Waals surface area contributed by atoms with Crippen LogP contribution in [-0.2, 0) is 9.47 Å². The number of rotatable bonds is 5. The highest BCUT2D eigenvalue weighted by Gasteiger charge is 2.29. The lowest BCUT2D eigenvalue weighted by atomic mass is 9.98. The summed E-state index contributed by atoms with van der Waals surface area (Å²) in [6, 6.07) is 19.1. The van der Waals surface area contributed by atoms with Crippen molar-refractivity contribution in [1.82, 2.24) is 0 Å². The van der Waals surface area contributed by atoms with Gasteiger partial charge in [-0.1, -0.05) is 53.6 Å². The lowest BCUT2D eigenvalue weighted by molar-refractivity contribution is 0.00687. The first kappa shape index (κ1) is 23.9. The van der Waals surface area contributed by atoms with Crippen LogP contribution in [-0.4, -0.2) is 24.3 Å². The Labute approximate surface area is 203 Å². The van der Waals surface area contributed by atoms with Crippen LogP contribution < -0.4 is 5.32 Å². The maximum absolute atomic E-state index is 12.7. The third-order valence-corrected chi connectivity index (χ3v) is 5.74. The van der Waals surface area contributed by atoms with Crippen LogP contribution >= 0.6 is 0 Å². The van der Waals surface area contributed by atoms with Gasteiger partial charge in [0, 0.05) is 22.2 Å². The molecule has 178 valence electrons. The molecule has 3 aromatic carbocycles. The normalized spacial score (nSPS) is 12.2. The second-order valence-corrected chi connectivity index (χ2v) is 9.31. The third-order valence-electron chi connectivity index (χ3n) is 5.74. The Bertz CT molecular complexity index is 1310. The number of azide groups is 1. The summed E-state index contributed by atoms with van der Waals surface area (Å²) in [4.78, 5) is 28.2. The van der Waals surface area contributed by atoms with E-state index in [1.807, 2.05) is 36.4 Å². The van der Waals surface area contributed by atoms with Crippen LogP contribution in [0.2, 0.25) is 0 Å². The summed E-state index contributed by atoms with van der Waals surface area (Å²) >= 11 is 0. The summed E-state index contributed by atoms with van der Waals surface area (Å²) in [6.07, 6.45) is -0.683. The van der Waals surface area contributed by atoms with Gasteiger partial charge < -0.3 is 9.47 Å². The van der Waals surface area contributed by atoms with E-state index in [1.165, 1.54) is 12.1 Å². The first-order valence-corrected chi connectivity index (χ1v) is 11.2. The molecule has 1 aliphatic rings. The number of esters is 1. The van der Waals surface area contributed by atoms with E-state index in [1.54, 1.807) is 27.7 Å². The maximum atomic E-state index is 12.7. The molecule has 0 heterocycles. The molecule has 4 rings (SSSR count). The molecule has 0 atom stereocenters. The molecule has 0 saturated heterocycles. The van der Waals surface area contributed by atoms with E-state index in [0.717, 1.165) is 22.3 Å². The van der Waals surface area contributed by atoms with Gasteiger partial charge in [-0.25, -0.2) is 9.59 Å². The zero-order chi connectivity index (χ0) is 25.2. The molecule has 3 aromatic rings. The topological polar surface area (TPSA) is 113 Å². The summed E-state index contributed by atoms with van der Waals surface area (Å²) in [5, 5.41) is 6.30. The number of hydrogen-bond acceptors (Lipinski definition) is 5. The summed E-state index contributed by atoms with van der Waals surface area (Å²) in [5.74, 6) is -0.664. The first-order valence-electron chi connectivity index (χ1n) is 11.2. The standard InChI is InChI=1S/C27H26N4O4/c1-16-22(25(32)35-27(2,3)4)13-17(14-24(16)30-31-28)29-26(33)34-15-23-20-11-7-5-9-18(20)19-10-6-8-12-21(19)23/h5-14,23H,15H2,1-4H3,(H,29,33). The van der Waals surface area contributed by atoms with E-state index in [4.69, 9.17) is 15.0 Å². The van der Waals surface area contributed by atoms with Crippen LogP contribution in [0, 0.1) is 6.92 Å². The summed E-state index contributed by atoms with van der Waals surface area (Å²) < 4.78 is 11.0. The molecule has 0 spiro atoms. The van der Waals surface area contributed by atoms with Gasteiger partial charge >= 0.3 is 12.1 Å². The molecule has 0 bridgehead atoms. The van der Waals surface area contributed by atoms with Crippen LogP contribution in [0.1, 0.15) is 53.7 Å². The van der Waals surface area contributed by atoms with Gasteiger partial charge in [-0.05, 0) is 73.2 Å². The number of ether oxygens (including phenoxy) is 2. The fourth-order valence-electron chi connectivity index (χ4n) is 4.22. The molecule has 0 fully saturated rings. The lowest BCUT2D eigenvalue weighted by Gasteiger charge is -2.21. The number of anilines is 1. The Hall–Kier alpha value is -4.29. The van der Waals surface area contributed by atoms with Gasteiger partial charge in [0.05, 0.1) is 5.56 Å². The molecule has 35 heavy (non-hydrogen) atoms. The van der Waals surface area contributed by atoms with E-state index < -0.39 is 17.7 Å². The lowest BCUT2D eigenvalue weighted by Crippen LogP contribution is -2.24. The van der Waals surface area contributed by atoms with Crippen molar-refractivity contribution in [2.24, 2.45) is 5.11 Å². The SMILES string of the molecule is Cc1c(N=[N+]=[N-])cc(NC(=O)OCC2c3ccccc3-c3ccccc32)cc1C(=O)OC(C)(C)C. The highest BCUT2D eigenvalue weighted by molar-refractivity contribution is 5.96. The van der Waals surface area contributed by atoms with E-state index in [0.29, 0.717) is 5.56 Å². The largest absolute Gasteiger partial charge is 0.456 e. The highest BCUT2D eigenvalue weighted by atomic mass is 16.6. The fourth-order valence-corrected chi connectivity index (χ4v) is 4.22. The Morgan fingerprint density at radius 1 is 1.03 bits per heavy atom. The van der Waals surface area contributed by atoms with Gasteiger partial charge in [-0.3, -0.25) is 5.32 Å². The van der Waals surface area contributed by atoms with Crippen LogP contribution in [0.4, 0.5) is 16.2 Å². The highest BCUT2D eigenvalue weighted by Crippen LogP contribution is 2.44. The molecule has 0 aromatic heterocycles. The number of benzene rings is 3. The molecular weight excluding hydrogens is 444 g/mol. The van der Waals surface area contributed by atoms with Crippen molar-refractivity contribution < 1.29 is 19.1 Å². The van der Waals surface area contributed by atoms with Crippen LogP contribution in [0.5, 0.6) is 0 Å². The monoisotopic (exact) mass is 470 g/mol. The van der Waals surface area contributed by atoms with E-state index in [9.17, 15) is 9.59 Å². The molecular formula is C27H26N4O4. The molecule has 0 aliphatic heterocycles. The van der Waals surface area contributed by atoms with Crippen molar-refractivity contribution in [3.05, 3.63) is 93.4 Å². The minimum atomic E-state index is -0.710. The second-order valence-electron chi connectivity index (χ2n) is 9.31. The maximum Gasteiger partial charge on any atom is 0.411 e. The quantitative estimate of drug-likeness (QED) is 0.183. The fraction of sp³-hybridized carbons (Fsp3) is 0.259. The average molecular weight is 471 g/mol. The number of amides is 1. The first-order chi connectivity index (χ1) is 16.7. The van der Waals surface area contributed by atoms with Crippen molar-refractivity contribution in [1.29, 1.82) is 0 Å². The molecule has 1 aliphatic carbocycles. The zero-order valence-corrected chi connectivity index (χ0v) is 20.0. The Balaban J connectivity index is 1.53. The number of hydrogen-bond donors (Lipinski definition) is 1. The molecule has 1 amide bonds. The van der Waals surface area contributed by atoms with Crippen molar-refractivity contribution in [3.63, 3.8) is 0 Å². The molecule has 8 nitrogen and oxygen atoms in total. The average Bonchev–Trinajstić information content (AvgIpc) is 3.12. The van der Waals surface area contributed by atoms with Gasteiger partial charge in [-0.2, -0.15) is 0 Å². The predicted octanol–water partition coefficient (Wildman–Crippen LogP) is 7.25. The van der Waals surface area contributed by atoms with Crippen molar-refractivity contribution in [2.75, 3.05) is 11.9 Å². The molecule has 0 radical (unpaired) electrons. The number of nitrogens with zero attached hydrogens (tertiary/aromatic N) is 3. The van der Waals surface area contributed by atoms with Gasteiger partial charge in [0.15, 0.2) is 0 Å². The Morgan fingerprint density at radius 2 is 1.63 bits per heavy atom. The molecule has 0 unspecified atom stereocenters. The zero-order valence-electron chi connectivity index (χ0n) is 20.0. The summed E-state index contributed by atoms with van der Waals surface area (Å²) in [7, 11) is 0. The van der Waals surface area contributed by atoms with E-state index in [-0.39, 0.29) is 29.5 Å². The Morgan fingerprint density at radius 3 is 2.20 bits per heavy atom. The number of nitrogens with one attached hydrogen (secondary N) is 1. The third kappa shape index (κ3) is 5.13. The molecule has 1 N–H and O–H groups in total. The van der Waals surface area contributed by atoms with Gasteiger partial charge in [-0.15, -0.1) is 0 Å². The van der Waals surface area contributed by atoms with Crippen molar-refractivity contribution in [2.45, 2.75) is 39.2 Å². The summed E-state index contributed by atoms with van der Waals surface area (Å²) in [6.45, 7) is 7.07. The van der Waals surface area contributed by atoms with Gasteiger partial charge in [0.25, 0.3) is 0 Å². The second kappa shape index (κ2) is 9.52. The van der Waals surface area contributed by atoms with Crippen LogP contribution in [0.15, 0.2) is 65.8 Å². The van der Waals surface area contributed by atoms with E-state index in [2.05, 4.69) is 27.5 Å². The van der Waals surface area contributed by atoms with Crippen LogP contribution in [0.3, 0.4) is 0 Å². The number of carbonyl (C=O) groups is 2. The smallest absolute Gasteiger partial charge is 0.411 e. The summed E-state index contributed by atoms with van der Waals surface area (Å²) in [5.41, 5.74) is 13.8. The Kier molecular flexibility index (Phi) is 6.49. The van der Waals surface area contributed by atoms with Crippen molar-refractivity contribution in [3.8, 4) is 11.1 Å². The minimum absolute atomic E-state index is 0.0813. The number of carbonyl (C=O) groups excluding carboxylic acids is 2. The van der Waals surface area contributed by atoms with Crippen molar-refractivity contribution >= 4 is 23.4 Å². The van der Waals surface area contributed by atoms with Crippen LogP contribution in [0.25, 0.3) is 21.6 Å². The van der Waals surface area contributed by atoms with E-state index >= 15 is 0 Å². The number of fused-ring (bicyclic) bond motifs is 3. The van der Waals surface area contributed by atoms with Gasteiger partial charge in [0.2, 0.25) is 0 Å². The minimum Gasteiger partial charge on any atom is -0.456 e. The van der Waals surface area contributed by atoms with Gasteiger partial charge in [0.1, 0.15) is 12.2 Å².